The third kappa shape index (κ3) is 6.17. The van der Waals surface area contributed by atoms with Gasteiger partial charge in [-0.3, -0.25) is 4.79 Å². The molecular weight excluding hydrogens is 395 g/mol. The Labute approximate surface area is 184 Å². The maximum Gasteiger partial charge on any atom is 0.253 e. The SMILES string of the molecule is CCc1cc(C(=O)N2CCC(F)(CNCCOc3cccc(NC)n3)CC2)ccc1C. The van der Waals surface area contributed by atoms with Gasteiger partial charge in [0.25, 0.3) is 5.91 Å². The van der Waals surface area contributed by atoms with Crippen LogP contribution in [-0.4, -0.2) is 61.3 Å². The van der Waals surface area contributed by atoms with Gasteiger partial charge >= 0.3 is 0 Å². The minimum atomic E-state index is -1.30. The highest BCUT2D eigenvalue weighted by atomic mass is 19.1. The van der Waals surface area contributed by atoms with Crippen molar-refractivity contribution in [3.8, 4) is 5.88 Å². The van der Waals surface area contributed by atoms with E-state index in [-0.39, 0.29) is 12.5 Å². The van der Waals surface area contributed by atoms with Gasteiger partial charge in [-0.05, 0) is 42.7 Å². The van der Waals surface area contributed by atoms with Crippen molar-refractivity contribution in [2.75, 3.05) is 45.2 Å². The van der Waals surface area contributed by atoms with E-state index in [1.807, 2.05) is 30.3 Å². The number of carbonyl (C=O) groups is 1. The number of pyridine rings is 1. The number of benzene rings is 1. The Hall–Kier alpha value is -2.67. The summed E-state index contributed by atoms with van der Waals surface area (Å²) in [4.78, 5) is 18.9. The summed E-state index contributed by atoms with van der Waals surface area (Å²) < 4.78 is 20.8. The van der Waals surface area contributed by atoms with Crippen LogP contribution in [0.5, 0.6) is 5.88 Å². The summed E-state index contributed by atoms with van der Waals surface area (Å²) in [7, 11) is 1.80. The Morgan fingerprint density at radius 3 is 2.74 bits per heavy atom. The fourth-order valence-corrected chi connectivity index (χ4v) is 3.83. The summed E-state index contributed by atoms with van der Waals surface area (Å²) in [6, 6.07) is 11.4. The van der Waals surface area contributed by atoms with Gasteiger partial charge in [0.15, 0.2) is 0 Å². The van der Waals surface area contributed by atoms with Crippen molar-refractivity contribution >= 4 is 11.7 Å². The highest BCUT2D eigenvalue weighted by Gasteiger charge is 2.35. The first kappa shape index (κ1) is 23.0. The molecule has 7 heteroatoms. The van der Waals surface area contributed by atoms with Crippen LogP contribution in [0.2, 0.25) is 0 Å². The molecule has 2 heterocycles. The quantitative estimate of drug-likeness (QED) is 0.598. The van der Waals surface area contributed by atoms with Crippen molar-refractivity contribution in [1.29, 1.82) is 0 Å². The number of anilines is 1. The van der Waals surface area contributed by atoms with E-state index >= 15 is 4.39 Å². The van der Waals surface area contributed by atoms with Gasteiger partial charge in [-0.1, -0.05) is 19.1 Å². The zero-order chi connectivity index (χ0) is 22.3. The van der Waals surface area contributed by atoms with E-state index in [0.717, 1.165) is 12.2 Å². The van der Waals surface area contributed by atoms with E-state index in [1.54, 1.807) is 18.0 Å². The maximum absolute atomic E-state index is 15.2. The van der Waals surface area contributed by atoms with Gasteiger partial charge in [0, 0.05) is 57.7 Å². The van der Waals surface area contributed by atoms with Gasteiger partial charge in [0.1, 0.15) is 18.1 Å². The summed E-state index contributed by atoms with van der Waals surface area (Å²) in [5.74, 6) is 1.28. The summed E-state index contributed by atoms with van der Waals surface area (Å²) in [5.41, 5.74) is 1.77. The lowest BCUT2D eigenvalue weighted by Gasteiger charge is -2.36. The molecule has 1 amide bonds. The fraction of sp³-hybridized carbons (Fsp3) is 0.500. The number of hydrogen-bond acceptors (Lipinski definition) is 5. The molecule has 31 heavy (non-hydrogen) atoms. The molecule has 0 bridgehead atoms. The number of nitrogens with one attached hydrogen (secondary N) is 2. The predicted octanol–water partition coefficient (Wildman–Crippen LogP) is 3.61. The largest absolute Gasteiger partial charge is 0.476 e. The standard InChI is InChI=1S/C24H33FN4O2/c1-4-19-16-20(9-8-18(19)2)23(30)29-13-10-24(25,11-14-29)17-27-12-15-31-22-7-5-6-21(26-3)28-22/h5-9,16,27H,4,10-15,17H2,1-3H3,(H,26,28). The minimum absolute atomic E-state index is 0.00518. The molecule has 1 aliphatic heterocycles. The Balaban J connectivity index is 1.41. The lowest BCUT2D eigenvalue weighted by Crippen LogP contribution is -2.49. The van der Waals surface area contributed by atoms with Crippen LogP contribution < -0.4 is 15.4 Å². The number of piperidine rings is 1. The maximum atomic E-state index is 15.2. The predicted molar refractivity (Wildman–Crippen MR) is 122 cm³/mol. The number of halogens is 1. The molecule has 0 aliphatic carbocycles. The summed E-state index contributed by atoms with van der Waals surface area (Å²) >= 11 is 0. The normalized spacial score (nSPS) is 15.5. The number of carbonyl (C=O) groups excluding carboxylic acids is 1. The van der Waals surface area contributed by atoms with Gasteiger partial charge in [0.2, 0.25) is 5.88 Å². The monoisotopic (exact) mass is 428 g/mol. The van der Waals surface area contributed by atoms with Crippen molar-refractivity contribution in [3.05, 3.63) is 53.1 Å². The average molecular weight is 429 g/mol. The number of aryl methyl sites for hydroxylation is 2. The van der Waals surface area contributed by atoms with Gasteiger partial charge in [-0.15, -0.1) is 0 Å². The molecule has 1 fully saturated rings. The van der Waals surface area contributed by atoms with Crippen molar-refractivity contribution in [2.24, 2.45) is 0 Å². The Morgan fingerprint density at radius 2 is 2.03 bits per heavy atom. The van der Waals surface area contributed by atoms with E-state index in [9.17, 15) is 4.79 Å². The molecule has 3 rings (SSSR count). The average Bonchev–Trinajstić information content (AvgIpc) is 2.79. The molecule has 0 unspecified atom stereocenters. The number of aromatic nitrogens is 1. The van der Waals surface area contributed by atoms with Crippen LogP contribution in [-0.2, 0) is 6.42 Å². The number of likely N-dealkylation sites (tertiary alicyclic amines) is 1. The lowest BCUT2D eigenvalue weighted by atomic mass is 9.92. The second-order valence-electron chi connectivity index (χ2n) is 8.07. The second kappa shape index (κ2) is 10.6. The van der Waals surface area contributed by atoms with Crippen LogP contribution in [0.4, 0.5) is 10.2 Å². The van der Waals surface area contributed by atoms with E-state index in [0.29, 0.717) is 50.5 Å². The molecule has 0 atom stereocenters. The van der Waals surface area contributed by atoms with Gasteiger partial charge in [0.05, 0.1) is 0 Å². The summed E-state index contributed by atoms with van der Waals surface area (Å²) in [6.07, 6.45) is 1.57. The van der Waals surface area contributed by atoms with Crippen LogP contribution in [0.25, 0.3) is 0 Å². The van der Waals surface area contributed by atoms with E-state index in [2.05, 4.69) is 29.5 Å². The van der Waals surface area contributed by atoms with Crippen LogP contribution in [0.3, 0.4) is 0 Å². The fourth-order valence-electron chi connectivity index (χ4n) is 3.83. The van der Waals surface area contributed by atoms with E-state index < -0.39 is 5.67 Å². The molecule has 168 valence electrons. The van der Waals surface area contributed by atoms with Crippen molar-refractivity contribution < 1.29 is 13.9 Å². The van der Waals surface area contributed by atoms with Crippen molar-refractivity contribution in [1.82, 2.24) is 15.2 Å². The highest BCUT2D eigenvalue weighted by molar-refractivity contribution is 5.94. The first-order valence-corrected chi connectivity index (χ1v) is 11.0. The van der Waals surface area contributed by atoms with E-state index in [4.69, 9.17) is 4.74 Å². The number of alkyl halides is 1. The lowest BCUT2D eigenvalue weighted by molar-refractivity contribution is 0.0433. The Bertz CT molecular complexity index is 882. The summed E-state index contributed by atoms with van der Waals surface area (Å²) in [6.45, 7) is 6.21. The first-order chi connectivity index (χ1) is 14.9. The van der Waals surface area contributed by atoms with Crippen LogP contribution >= 0.6 is 0 Å². The molecule has 6 nitrogen and oxygen atoms in total. The molecule has 1 saturated heterocycles. The van der Waals surface area contributed by atoms with Crippen LogP contribution in [0.15, 0.2) is 36.4 Å². The zero-order valence-electron chi connectivity index (χ0n) is 18.7. The summed E-state index contributed by atoms with van der Waals surface area (Å²) in [5, 5.41) is 6.11. The van der Waals surface area contributed by atoms with Gasteiger partial charge in [-0.25, -0.2) is 4.39 Å². The third-order valence-corrected chi connectivity index (χ3v) is 5.87. The van der Waals surface area contributed by atoms with Crippen LogP contribution in [0, 0.1) is 6.92 Å². The number of ether oxygens (including phenoxy) is 1. The minimum Gasteiger partial charge on any atom is -0.476 e. The smallest absolute Gasteiger partial charge is 0.253 e. The molecule has 2 N–H and O–H groups in total. The van der Waals surface area contributed by atoms with Crippen molar-refractivity contribution in [2.45, 2.75) is 38.8 Å². The number of nitrogens with zero attached hydrogens (tertiary/aromatic N) is 2. The number of amides is 1. The molecule has 1 aromatic carbocycles. The molecular formula is C24H33FN4O2. The Morgan fingerprint density at radius 1 is 1.26 bits per heavy atom. The first-order valence-electron chi connectivity index (χ1n) is 11.0. The van der Waals surface area contributed by atoms with Gasteiger partial charge < -0.3 is 20.3 Å². The van der Waals surface area contributed by atoms with E-state index in [1.165, 1.54) is 11.1 Å². The molecule has 1 aliphatic rings. The van der Waals surface area contributed by atoms with Crippen molar-refractivity contribution in [3.63, 3.8) is 0 Å². The zero-order valence-corrected chi connectivity index (χ0v) is 18.7. The van der Waals surface area contributed by atoms with Crippen LogP contribution in [0.1, 0.15) is 41.3 Å². The Kier molecular flexibility index (Phi) is 7.85. The second-order valence-corrected chi connectivity index (χ2v) is 8.07. The molecule has 0 spiro atoms. The highest BCUT2D eigenvalue weighted by Crippen LogP contribution is 2.27. The number of hydrogen-bond donors (Lipinski definition) is 2. The topological polar surface area (TPSA) is 66.5 Å². The molecule has 1 aromatic heterocycles. The third-order valence-electron chi connectivity index (χ3n) is 5.87. The number of rotatable bonds is 9. The molecule has 0 radical (unpaired) electrons. The molecule has 0 saturated carbocycles. The van der Waals surface area contributed by atoms with Gasteiger partial charge in [-0.2, -0.15) is 4.98 Å². The molecule has 2 aromatic rings.